The highest BCUT2D eigenvalue weighted by atomic mass is 32.2. The first-order valence-electron chi connectivity index (χ1n) is 8.52. The molecular formula is C20H24N2OS. The van der Waals surface area contributed by atoms with E-state index in [-0.39, 0.29) is 5.91 Å². The topological polar surface area (TPSA) is 41.1 Å². The van der Waals surface area contributed by atoms with Gasteiger partial charge in [0.25, 0.3) is 0 Å². The Bertz CT molecular complexity index is 710. The second-order valence-corrected chi connectivity index (χ2v) is 7.45. The standard InChI is InChI=1S/C20H24N2OS/c1-14(2)15-8-10-17(11-9-15)22-19(23)13-24-18-7-3-5-16-6-4-12-21-20(16)18/h3,5,7-11,14,21H,4,6,12-13H2,1-2H3,(H,22,23). The molecule has 0 radical (unpaired) electrons. The van der Waals surface area contributed by atoms with Gasteiger partial charge in [-0.15, -0.1) is 11.8 Å². The number of amides is 1. The number of para-hydroxylation sites is 1. The van der Waals surface area contributed by atoms with Crippen LogP contribution in [0.15, 0.2) is 47.4 Å². The molecule has 0 saturated heterocycles. The minimum atomic E-state index is 0.0331. The van der Waals surface area contributed by atoms with E-state index in [1.807, 2.05) is 12.1 Å². The summed E-state index contributed by atoms with van der Waals surface area (Å²) in [4.78, 5) is 13.4. The van der Waals surface area contributed by atoms with E-state index in [0.29, 0.717) is 11.7 Å². The molecule has 0 atom stereocenters. The summed E-state index contributed by atoms with van der Waals surface area (Å²) in [6.07, 6.45) is 2.29. The van der Waals surface area contributed by atoms with Gasteiger partial charge in [-0.05, 0) is 48.1 Å². The van der Waals surface area contributed by atoms with Crippen LogP contribution in [0.3, 0.4) is 0 Å². The Morgan fingerprint density at radius 2 is 2.00 bits per heavy atom. The van der Waals surface area contributed by atoms with E-state index in [1.54, 1.807) is 11.8 Å². The lowest BCUT2D eigenvalue weighted by atomic mass is 10.0. The Morgan fingerprint density at radius 3 is 2.75 bits per heavy atom. The molecule has 2 N–H and O–H groups in total. The van der Waals surface area contributed by atoms with Crippen molar-refractivity contribution in [2.45, 2.75) is 37.5 Å². The number of carbonyl (C=O) groups excluding carboxylic acids is 1. The van der Waals surface area contributed by atoms with Crippen molar-refractivity contribution in [2.24, 2.45) is 0 Å². The van der Waals surface area contributed by atoms with E-state index in [0.717, 1.165) is 23.5 Å². The number of benzene rings is 2. The lowest BCUT2D eigenvalue weighted by Gasteiger charge is -2.20. The molecule has 126 valence electrons. The maximum Gasteiger partial charge on any atom is 0.234 e. The van der Waals surface area contributed by atoms with Crippen LogP contribution in [0.2, 0.25) is 0 Å². The number of fused-ring (bicyclic) bond motifs is 1. The third kappa shape index (κ3) is 4.12. The van der Waals surface area contributed by atoms with Gasteiger partial charge < -0.3 is 10.6 Å². The molecule has 2 aromatic carbocycles. The highest BCUT2D eigenvalue weighted by molar-refractivity contribution is 8.00. The Kier molecular flexibility index (Phi) is 5.46. The number of hydrogen-bond donors (Lipinski definition) is 2. The summed E-state index contributed by atoms with van der Waals surface area (Å²) in [6.45, 7) is 5.34. The molecule has 0 bridgehead atoms. The molecule has 4 heteroatoms. The number of nitrogens with one attached hydrogen (secondary N) is 2. The molecule has 1 aliphatic rings. The molecule has 0 saturated carbocycles. The van der Waals surface area contributed by atoms with Crippen LogP contribution >= 0.6 is 11.8 Å². The van der Waals surface area contributed by atoms with Crippen molar-refractivity contribution in [2.75, 3.05) is 22.9 Å². The van der Waals surface area contributed by atoms with Crippen molar-refractivity contribution in [1.29, 1.82) is 0 Å². The SMILES string of the molecule is CC(C)c1ccc(NC(=O)CSc2cccc3c2NCCC3)cc1. The molecular weight excluding hydrogens is 316 g/mol. The summed E-state index contributed by atoms with van der Waals surface area (Å²) in [5.74, 6) is 0.956. The summed E-state index contributed by atoms with van der Waals surface area (Å²) >= 11 is 1.60. The molecule has 2 aromatic rings. The fourth-order valence-corrected chi connectivity index (χ4v) is 3.77. The highest BCUT2D eigenvalue weighted by Gasteiger charge is 2.13. The first-order valence-corrected chi connectivity index (χ1v) is 9.50. The molecule has 0 fully saturated rings. The number of anilines is 2. The largest absolute Gasteiger partial charge is 0.384 e. The van der Waals surface area contributed by atoms with Crippen LogP contribution in [0.1, 0.15) is 37.3 Å². The minimum Gasteiger partial charge on any atom is -0.384 e. The molecule has 1 heterocycles. The fraction of sp³-hybridized carbons (Fsp3) is 0.350. The van der Waals surface area contributed by atoms with Gasteiger partial charge in [-0.3, -0.25) is 4.79 Å². The van der Waals surface area contributed by atoms with Gasteiger partial charge >= 0.3 is 0 Å². The second-order valence-electron chi connectivity index (χ2n) is 6.43. The van der Waals surface area contributed by atoms with Crippen LogP contribution in [-0.2, 0) is 11.2 Å². The zero-order valence-electron chi connectivity index (χ0n) is 14.3. The van der Waals surface area contributed by atoms with Crippen LogP contribution in [0.4, 0.5) is 11.4 Å². The van der Waals surface area contributed by atoms with Crippen molar-refractivity contribution in [3.05, 3.63) is 53.6 Å². The van der Waals surface area contributed by atoms with Gasteiger partial charge in [0.15, 0.2) is 0 Å². The van der Waals surface area contributed by atoms with Crippen molar-refractivity contribution in [3.8, 4) is 0 Å². The summed E-state index contributed by atoms with van der Waals surface area (Å²) < 4.78 is 0. The Morgan fingerprint density at radius 1 is 1.21 bits per heavy atom. The molecule has 0 unspecified atom stereocenters. The van der Waals surface area contributed by atoms with Crippen LogP contribution in [0.5, 0.6) is 0 Å². The number of rotatable bonds is 5. The smallest absolute Gasteiger partial charge is 0.234 e. The van der Waals surface area contributed by atoms with Crippen molar-refractivity contribution < 1.29 is 4.79 Å². The van der Waals surface area contributed by atoms with Crippen molar-refractivity contribution >= 4 is 29.0 Å². The van der Waals surface area contributed by atoms with Gasteiger partial charge in [0.05, 0.1) is 11.4 Å². The number of carbonyl (C=O) groups is 1. The van der Waals surface area contributed by atoms with Crippen molar-refractivity contribution in [3.63, 3.8) is 0 Å². The third-order valence-corrected chi connectivity index (χ3v) is 5.31. The molecule has 3 rings (SSSR count). The highest BCUT2D eigenvalue weighted by Crippen LogP contribution is 2.33. The Balaban J connectivity index is 1.58. The van der Waals surface area contributed by atoms with E-state index in [2.05, 4.69) is 54.8 Å². The first-order chi connectivity index (χ1) is 11.6. The van der Waals surface area contributed by atoms with Gasteiger partial charge in [-0.2, -0.15) is 0 Å². The minimum absolute atomic E-state index is 0.0331. The van der Waals surface area contributed by atoms with Crippen LogP contribution < -0.4 is 10.6 Å². The molecule has 0 aromatic heterocycles. The monoisotopic (exact) mass is 340 g/mol. The normalized spacial score (nSPS) is 13.3. The first kappa shape index (κ1) is 16.9. The summed E-state index contributed by atoms with van der Waals surface area (Å²) in [5.41, 5.74) is 4.71. The predicted octanol–water partition coefficient (Wildman–Crippen LogP) is 4.90. The lowest BCUT2D eigenvalue weighted by Crippen LogP contribution is -2.15. The molecule has 0 aliphatic carbocycles. The second kappa shape index (κ2) is 7.75. The van der Waals surface area contributed by atoms with Gasteiger partial charge in [0.1, 0.15) is 0 Å². The van der Waals surface area contributed by atoms with Crippen LogP contribution in [-0.4, -0.2) is 18.2 Å². The number of aryl methyl sites for hydroxylation is 1. The van der Waals surface area contributed by atoms with E-state index >= 15 is 0 Å². The lowest BCUT2D eigenvalue weighted by molar-refractivity contribution is -0.113. The van der Waals surface area contributed by atoms with E-state index in [4.69, 9.17) is 0 Å². The molecule has 24 heavy (non-hydrogen) atoms. The van der Waals surface area contributed by atoms with Crippen LogP contribution in [0.25, 0.3) is 0 Å². The van der Waals surface area contributed by atoms with Gasteiger partial charge in [-0.25, -0.2) is 0 Å². The fourth-order valence-electron chi connectivity index (χ4n) is 2.89. The van der Waals surface area contributed by atoms with Crippen LogP contribution in [0, 0.1) is 0 Å². The predicted molar refractivity (Wildman–Crippen MR) is 103 cm³/mol. The van der Waals surface area contributed by atoms with Gasteiger partial charge in [0.2, 0.25) is 5.91 Å². The van der Waals surface area contributed by atoms with E-state index < -0.39 is 0 Å². The molecule has 1 amide bonds. The zero-order valence-corrected chi connectivity index (χ0v) is 15.1. The molecule has 3 nitrogen and oxygen atoms in total. The quantitative estimate of drug-likeness (QED) is 0.761. The number of hydrogen-bond acceptors (Lipinski definition) is 3. The van der Waals surface area contributed by atoms with E-state index in [1.165, 1.54) is 23.2 Å². The number of thioether (sulfide) groups is 1. The van der Waals surface area contributed by atoms with Gasteiger partial charge in [-0.1, -0.05) is 38.1 Å². The third-order valence-electron chi connectivity index (χ3n) is 4.26. The summed E-state index contributed by atoms with van der Waals surface area (Å²) in [7, 11) is 0. The Hall–Kier alpha value is -1.94. The summed E-state index contributed by atoms with van der Waals surface area (Å²) in [6, 6.07) is 14.4. The van der Waals surface area contributed by atoms with E-state index in [9.17, 15) is 4.79 Å². The molecule has 0 spiro atoms. The Labute approximate surface area is 148 Å². The van der Waals surface area contributed by atoms with Crippen molar-refractivity contribution in [1.82, 2.24) is 0 Å². The average Bonchev–Trinajstić information content (AvgIpc) is 2.60. The molecule has 1 aliphatic heterocycles. The summed E-state index contributed by atoms with van der Waals surface area (Å²) in [5, 5.41) is 6.45. The maximum absolute atomic E-state index is 12.2. The zero-order chi connectivity index (χ0) is 16.9. The maximum atomic E-state index is 12.2. The van der Waals surface area contributed by atoms with Gasteiger partial charge in [0, 0.05) is 17.1 Å². The average molecular weight is 340 g/mol.